The van der Waals surface area contributed by atoms with Crippen LogP contribution in [0.5, 0.6) is 0 Å². The Morgan fingerprint density at radius 1 is 1.12 bits per heavy atom. The molecule has 0 saturated carbocycles. The van der Waals surface area contributed by atoms with Gasteiger partial charge in [-0.05, 0) is 12.2 Å². The van der Waals surface area contributed by atoms with E-state index in [2.05, 4.69) is 11.3 Å². The van der Waals surface area contributed by atoms with Gasteiger partial charge in [0.1, 0.15) is 0 Å². The van der Waals surface area contributed by atoms with E-state index in [-0.39, 0.29) is 140 Å². The molecule has 0 aliphatic heterocycles. The zero-order chi connectivity index (χ0) is 9.98. The van der Waals surface area contributed by atoms with Crippen molar-refractivity contribution in [3.05, 3.63) is 25.0 Å². The van der Waals surface area contributed by atoms with Gasteiger partial charge >= 0.3 is 135 Å². The van der Waals surface area contributed by atoms with Gasteiger partial charge in [-0.2, -0.15) is 0 Å². The molecule has 0 aliphatic carbocycles. The smallest absolute Gasteiger partial charge is 1.00 e. The number of carbonyl (C=O) groups is 2. The van der Waals surface area contributed by atoms with Crippen molar-refractivity contribution in [2.24, 2.45) is 0 Å². The first-order valence-corrected chi connectivity index (χ1v) is 2.78. The summed E-state index contributed by atoms with van der Waals surface area (Å²) < 4.78 is 4.31. The minimum atomic E-state index is -1.55. The van der Waals surface area contributed by atoms with Crippen LogP contribution in [0.2, 0.25) is 0 Å². The second kappa shape index (κ2) is 30.6. The Bertz CT molecular complexity index is 198. The van der Waals surface area contributed by atoms with Gasteiger partial charge < -0.3 is 30.2 Å². The van der Waals surface area contributed by atoms with Gasteiger partial charge in [0.2, 0.25) is 0 Å². The number of carboxylic acids is 2. The largest absolute Gasteiger partial charge is 2.00 e. The fourth-order valence-electron chi connectivity index (χ4n) is 0.136. The molecule has 0 aromatic carbocycles. The average molecular weight is 302 g/mol. The molecule has 0 amide bonds. The number of carboxylic acid groups (broad SMARTS) is 2. The summed E-state index contributed by atoms with van der Waals surface area (Å²) >= 11 is 0. The zero-order valence-electron chi connectivity index (χ0n) is 13.9. The fourth-order valence-corrected chi connectivity index (χ4v) is 0.136. The Morgan fingerprint density at radius 3 is 1.38 bits per heavy atom. The molecule has 0 aromatic rings. The Kier molecular flexibility index (Phi) is 69.6. The van der Waals surface area contributed by atoms with Gasteiger partial charge in [0.15, 0.2) is 0 Å². The molecule has 0 atom stereocenters. The predicted octanol–water partition coefficient (Wildman–Crippen LogP) is -8.48. The van der Waals surface area contributed by atoms with Gasteiger partial charge in [0, 0.05) is 0 Å². The van der Waals surface area contributed by atoms with Crippen LogP contribution in [0.3, 0.4) is 0 Å². The van der Waals surface area contributed by atoms with Crippen molar-refractivity contribution in [1.82, 2.24) is 0 Å². The summed E-state index contributed by atoms with van der Waals surface area (Å²) in [6.07, 6.45) is 2.14. The SMILES string of the molecule is C=COC.O=C([O-])/C=C\C(=O)[O-].[Ca+2].[Ca+2].[H-].[H-].[H-].[H-].[Na+].[Na+]. The van der Waals surface area contributed by atoms with Crippen LogP contribution >= 0.6 is 0 Å². The predicted molar refractivity (Wildman–Crippen MR) is 52.3 cm³/mol. The molecule has 0 bridgehead atoms. The number of rotatable bonds is 3. The van der Waals surface area contributed by atoms with Crippen molar-refractivity contribution >= 4 is 87.4 Å². The average Bonchev–Trinajstić information content (AvgIpc) is 2.01. The Morgan fingerprint density at radius 2 is 1.31 bits per heavy atom. The molecule has 0 fully saturated rings. The Labute approximate surface area is 205 Å². The number of carbonyl (C=O) groups excluding carboxylic acids is 2. The summed E-state index contributed by atoms with van der Waals surface area (Å²) in [6.45, 7) is 3.26. The van der Waals surface area contributed by atoms with Crippen LogP contribution in [0.4, 0.5) is 0 Å². The topological polar surface area (TPSA) is 89.5 Å². The number of hydrogen-bond acceptors (Lipinski definition) is 5. The molecule has 0 unspecified atom stereocenters. The fraction of sp³-hybridized carbons (Fsp3) is 0.143. The van der Waals surface area contributed by atoms with Crippen LogP contribution in [0, 0.1) is 0 Å². The molecule has 9 heteroatoms. The normalized spacial score (nSPS) is 6.06. The minimum Gasteiger partial charge on any atom is -1.00 e. The summed E-state index contributed by atoms with van der Waals surface area (Å²) in [5, 5.41) is 18.8. The third kappa shape index (κ3) is 54.3. The number of ether oxygens (including phenoxy) is 1. The van der Waals surface area contributed by atoms with Crippen molar-refractivity contribution < 1.29 is 89.4 Å². The van der Waals surface area contributed by atoms with E-state index in [4.69, 9.17) is 0 Å². The Balaban J connectivity index is -0.00000000964. The van der Waals surface area contributed by atoms with Crippen LogP contribution in [0.25, 0.3) is 0 Å². The van der Waals surface area contributed by atoms with Gasteiger partial charge in [0.05, 0.1) is 25.3 Å². The number of aliphatic carboxylic acids is 2. The van der Waals surface area contributed by atoms with E-state index in [1.54, 1.807) is 7.11 Å². The molecule has 0 rings (SSSR count). The van der Waals surface area contributed by atoms with Crippen LogP contribution in [-0.2, 0) is 14.3 Å². The monoisotopic (exact) mass is 302 g/mol. The minimum absolute atomic E-state index is 0. The van der Waals surface area contributed by atoms with E-state index in [0.29, 0.717) is 12.2 Å². The molecule has 76 valence electrons. The van der Waals surface area contributed by atoms with Crippen molar-refractivity contribution in [1.29, 1.82) is 0 Å². The third-order valence-corrected chi connectivity index (χ3v) is 0.522. The molecule has 0 saturated heterocycles. The van der Waals surface area contributed by atoms with E-state index in [1.165, 1.54) is 6.26 Å². The van der Waals surface area contributed by atoms with Crippen molar-refractivity contribution in [2.75, 3.05) is 7.11 Å². The molecule has 0 aliphatic rings. The molecule has 0 radical (unpaired) electrons. The van der Waals surface area contributed by atoms with Gasteiger partial charge in [-0.1, -0.05) is 6.58 Å². The Hall–Kier alpha value is 2.74. The molecule has 0 N–H and O–H groups in total. The maximum Gasteiger partial charge on any atom is 2.00 e. The first-order valence-electron chi connectivity index (χ1n) is 2.78. The molecule has 0 spiro atoms. The van der Waals surface area contributed by atoms with Gasteiger partial charge in [0.25, 0.3) is 0 Å². The van der Waals surface area contributed by atoms with Crippen LogP contribution in [-0.4, -0.2) is 94.5 Å². The molecule has 0 heterocycles. The van der Waals surface area contributed by atoms with E-state index >= 15 is 0 Å². The van der Waals surface area contributed by atoms with Gasteiger partial charge in [-0.25, -0.2) is 0 Å². The van der Waals surface area contributed by atoms with Crippen LogP contribution < -0.4 is 69.3 Å². The summed E-state index contributed by atoms with van der Waals surface area (Å²) in [6, 6.07) is 0. The van der Waals surface area contributed by atoms with Gasteiger partial charge in [-0.3, -0.25) is 0 Å². The third-order valence-electron chi connectivity index (χ3n) is 0.522. The van der Waals surface area contributed by atoms with Crippen molar-refractivity contribution in [3.63, 3.8) is 0 Å². The first-order chi connectivity index (χ1) is 5.54. The van der Waals surface area contributed by atoms with Crippen molar-refractivity contribution in [2.45, 2.75) is 0 Å². The maximum atomic E-state index is 9.41. The summed E-state index contributed by atoms with van der Waals surface area (Å²) in [5.74, 6) is -3.09. The van der Waals surface area contributed by atoms with Crippen LogP contribution in [0.1, 0.15) is 5.71 Å². The molecule has 16 heavy (non-hydrogen) atoms. The molecule has 5 nitrogen and oxygen atoms in total. The number of hydrogen-bond donors (Lipinski definition) is 0. The van der Waals surface area contributed by atoms with E-state index in [1.807, 2.05) is 0 Å². The zero-order valence-corrected chi connectivity index (χ0v) is 18.3. The molecule has 0 aromatic heterocycles. The van der Waals surface area contributed by atoms with E-state index in [0.717, 1.165) is 0 Å². The summed E-state index contributed by atoms with van der Waals surface area (Å²) in [7, 11) is 1.56. The first kappa shape index (κ1) is 36.3. The van der Waals surface area contributed by atoms with Crippen molar-refractivity contribution in [3.8, 4) is 0 Å². The second-order valence-electron chi connectivity index (χ2n) is 1.37. The summed E-state index contributed by atoms with van der Waals surface area (Å²) in [5.41, 5.74) is 0. The van der Waals surface area contributed by atoms with E-state index < -0.39 is 11.9 Å². The maximum absolute atomic E-state index is 9.41. The van der Waals surface area contributed by atoms with Gasteiger partial charge in [-0.15, -0.1) is 0 Å². The molecular weight excluding hydrogens is 290 g/mol. The van der Waals surface area contributed by atoms with E-state index in [9.17, 15) is 19.8 Å². The molecular formula is C7H12Ca2Na2O5. The summed E-state index contributed by atoms with van der Waals surface area (Å²) in [4.78, 5) is 18.8. The quantitative estimate of drug-likeness (QED) is 0.293. The standard InChI is InChI=1S/C4H4O4.C3H6O.2Ca.2Na.4H/c5-3(6)1-2-4(7)8;1-3-4-2;;;;;;;;/h1-2H,(H,5,6)(H,7,8);3H,1H2,2H3;;;;;;;;/q;;2*+2;2*+1;4*-1/p-2/b2-1-;;;;;;;;;. The number of methoxy groups -OCH3 is 1. The second-order valence-corrected chi connectivity index (χ2v) is 1.37. The van der Waals surface area contributed by atoms with Crippen LogP contribution in [0.15, 0.2) is 25.0 Å².